The van der Waals surface area contributed by atoms with Gasteiger partial charge in [-0.15, -0.1) is 11.3 Å². The van der Waals surface area contributed by atoms with Crippen LogP contribution < -0.4 is 15.2 Å². The molecule has 0 amide bonds. The fraction of sp³-hybridized carbons (Fsp3) is 0.273. The maximum absolute atomic E-state index is 6.16. The molecule has 0 spiro atoms. The number of rotatable bonds is 4. The Labute approximate surface area is 117 Å². The monoisotopic (exact) mass is 329 g/mol. The van der Waals surface area contributed by atoms with Gasteiger partial charge in [0, 0.05) is 4.88 Å². The second-order valence-corrected chi connectivity index (χ2v) is 5.92. The minimum absolute atomic E-state index is 0.366. The van der Waals surface area contributed by atoms with E-state index < -0.39 is 0 Å². The fourth-order valence-corrected chi connectivity index (χ4v) is 2.89. The van der Waals surface area contributed by atoms with Crippen LogP contribution in [-0.4, -0.2) is 24.2 Å². The smallest absolute Gasteiger partial charge is 0.240 e. The van der Waals surface area contributed by atoms with E-state index in [4.69, 9.17) is 15.2 Å². The van der Waals surface area contributed by atoms with E-state index >= 15 is 0 Å². The number of hydrogen-bond acceptors (Lipinski definition) is 6. The van der Waals surface area contributed by atoms with Crippen LogP contribution in [0.4, 0.5) is 0 Å². The van der Waals surface area contributed by atoms with Gasteiger partial charge in [0.1, 0.15) is 5.69 Å². The van der Waals surface area contributed by atoms with Gasteiger partial charge in [-0.25, -0.2) is 4.98 Å². The number of hydrogen-bond donors (Lipinski definition) is 1. The summed E-state index contributed by atoms with van der Waals surface area (Å²) in [7, 11) is 3.06. The third kappa shape index (κ3) is 2.63. The molecule has 1 unspecified atom stereocenters. The lowest BCUT2D eigenvalue weighted by atomic mass is 10.2. The normalized spacial score (nSPS) is 12.2. The molecule has 0 aliphatic heterocycles. The highest BCUT2D eigenvalue weighted by molar-refractivity contribution is 9.11. The second-order valence-electron chi connectivity index (χ2n) is 3.43. The SMILES string of the molecule is COc1cnc(C(N)c2ccc(Br)s2)c(OC)n1. The number of halogens is 1. The van der Waals surface area contributed by atoms with Crippen LogP contribution in [0.2, 0.25) is 0 Å². The van der Waals surface area contributed by atoms with Crippen LogP contribution >= 0.6 is 27.3 Å². The molecule has 2 aromatic heterocycles. The first-order chi connectivity index (χ1) is 8.65. The number of methoxy groups -OCH3 is 2. The molecule has 0 radical (unpaired) electrons. The fourth-order valence-electron chi connectivity index (χ4n) is 1.46. The summed E-state index contributed by atoms with van der Waals surface area (Å²) in [5.74, 6) is 0.779. The molecule has 1 atom stereocenters. The number of nitrogens with zero attached hydrogens (tertiary/aromatic N) is 2. The van der Waals surface area contributed by atoms with Crippen molar-refractivity contribution in [2.75, 3.05) is 14.2 Å². The summed E-state index contributed by atoms with van der Waals surface area (Å²) in [5, 5.41) is 0. The molecule has 96 valence electrons. The van der Waals surface area contributed by atoms with Crippen molar-refractivity contribution in [1.82, 2.24) is 9.97 Å². The van der Waals surface area contributed by atoms with Crippen molar-refractivity contribution in [3.8, 4) is 11.8 Å². The van der Waals surface area contributed by atoms with E-state index in [1.165, 1.54) is 20.4 Å². The molecule has 18 heavy (non-hydrogen) atoms. The molecule has 2 aromatic rings. The van der Waals surface area contributed by atoms with Crippen molar-refractivity contribution in [1.29, 1.82) is 0 Å². The van der Waals surface area contributed by atoms with Crippen molar-refractivity contribution in [2.24, 2.45) is 5.73 Å². The van der Waals surface area contributed by atoms with Crippen LogP contribution in [-0.2, 0) is 0 Å². The quantitative estimate of drug-likeness (QED) is 0.932. The molecule has 0 saturated carbocycles. The molecule has 5 nitrogen and oxygen atoms in total. The highest BCUT2D eigenvalue weighted by atomic mass is 79.9. The number of aromatic nitrogens is 2. The van der Waals surface area contributed by atoms with Crippen LogP contribution in [0.5, 0.6) is 11.8 Å². The molecule has 0 aliphatic rings. The molecule has 7 heteroatoms. The first kappa shape index (κ1) is 13.3. The van der Waals surface area contributed by atoms with Crippen LogP contribution in [0.25, 0.3) is 0 Å². The zero-order valence-electron chi connectivity index (χ0n) is 9.88. The lowest BCUT2D eigenvalue weighted by molar-refractivity contribution is 0.355. The molecule has 2 rings (SSSR count). The lowest BCUT2D eigenvalue weighted by Crippen LogP contribution is -2.14. The average Bonchev–Trinajstić information content (AvgIpc) is 2.83. The highest BCUT2D eigenvalue weighted by Gasteiger charge is 2.19. The summed E-state index contributed by atoms with van der Waals surface area (Å²) < 4.78 is 11.2. The van der Waals surface area contributed by atoms with E-state index in [1.807, 2.05) is 12.1 Å². The first-order valence-corrected chi connectivity index (χ1v) is 6.72. The summed E-state index contributed by atoms with van der Waals surface area (Å²) >= 11 is 4.96. The van der Waals surface area contributed by atoms with Crippen molar-refractivity contribution in [3.63, 3.8) is 0 Å². The van der Waals surface area contributed by atoms with Gasteiger partial charge in [-0.2, -0.15) is 4.98 Å². The van der Waals surface area contributed by atoms with Gasteiger partial charge in [-0.05, 0) is 28.1 Å². The molecule has 0 aromatic carbocycles. The average molecular weight is 330 g/mol. The van der Waals surface area contributed by atoms with E-state index in [0.29, 0.717) is 17.5 Å². The van der Waals surface area contributed by atoms with Gasteiger partial charge in [0.2, 0.25) is 11.8 Å². The minimum atomic E-state index is -0.366. The number of nitrogens with two attached hydrogens (primary N) is 1. The summed E-state index contributed by atoms with van der Waals surface area (Å²) in [6.45, 7) is 0. The van der Waals surface area contributed by atoms with Crippen molar-refractivity contribution in [3.05, 3.63) is 32.7 Å². The Bertz CT molecular complexity index is 547. The van der Waals surface area contributed by atoms with Crippen molar-refractivity contribution in [2.45, 2.75) is 6.04 Å². The van der Waals surface area contributed by atoms with Crippen LogP contribution in [0.3, 0.4) is 0 Å². The minimum Gasteiger partial charge on any atom is -0.480 e. The molecule has 2 N–H and O–H groups in total. The van der Waals surface area contributed by atoms with Crippen LogP contribution in [0, 0.1) is 0 Å². The van der Waals surface area contributed by atoms with Gasteiger partial charge in [-0.3, -0.25) is 0 Å². The Kier molecular flexibility index (Phi) is 4.15. The van der Waals surface area contributed by atoms with Crippen LogP contribution in [0.15, 0.2) is 22.1 Å². The van der Waals surface area contributed by atoms with E-state index in [-0.39, 0.29) is 6.04 Å². The molecular weight excluding hydrogens is 318 g/mol. The summed E-state index contributed by atoms with van der Waals surface area (Å²) in [4.78, 5) is 9.41. The largest absolute Gasteiger partial charge is 0.480 e. The molecule has 0 aliphatic carbocycles. The Hall–Kier alpha value is -1.18. The zero-order valence-corrected chi connectivity index (χ0v) is 12.3. The Balaban J connectivity index is 2.38. The van der Waals surface area contributed by atoms with Gasteiger partial charge >= 0.3 is 0 Å². The number of thiophene rings is 1. The maximum atomic E-state index is 6.16. The summed E-state index contributed by atoms with van der Waals surface area (Å²) in [6.07, 6.45) is 1.53. The Morgan fingerprint density at radius 3 is 2.67 bits per heavy atom. The zero-order chi connectivity index (χ0) is 13.1. The standard InChI is InChI=1S/C11H12BrN3O2S/c1-16-8-5-14-10(11(15-8)17-2)9(13)6-3-4-7(12)18-6/h3-5,9H,13H2,1-2H3. The van der Waals surface area contributed by atoms with Gasteiger partial charge < -0.3 is 15.2 Å². The van der Waals surface area contributed by atoms with Gasteiger partial charge in [0.05, 0.1) is 30.2 Å². The topological polar surface area (TPSA) is 70.3 Å². The summed E-state index contributed by atoms with van der Waals surface area (Å²) in [6, 6.07) is 3.53. The second kappa shape index (κ2) is 5.64. The third-order valence-corrected chi connectivity index (χ3v) is 4.05. The highest BCUT2D eigenvalue weighted by Crippen LogP contribution is 2.32. The predicted molar refractivity (Wildman–Crippen MR) is 73.2 cm³/mol. The molecule has 0 bridgehead atoms. The van der Waals surface area contributed by atoms with Crippen molar-refractivity contribution >= 4 is 27.3 Å². The Morgan fingerprint density at radius 1 is 1.33 bits per heavy atom. The molecule has 0 fully saturated rings. The molecule has 0 saturated heterocycles. The first-order valence-electron chi connectivity index (χ1n) is 5.11. The van der Waals surface area contributed by atoms with Gasteiger partial charge in [0.15, 0.2) is 0 Å². The van der Waals surface area contributed by atoms with E-state index in [0.717, 1.165) is 8.66 Å². The molecule has 2 heterocycles. The predicted octanol–water partition coefficient (Wildman–Crippen LogP) is 2.37. The Morgan fingerprint density at radius 2 is 2.11 bits per heavy atom. The summed E-state index contributed by atoms with van der Waals surface area (Å²) in [5.41, 5.74) is 6.75. The third-order valence-electron chi connectivity index (χ3n) is 2.34. The molecular formula is C11H12BrN3O2S. The van der Waals surface area contributed by atoms with E-state index in [1.54, 1.807) is 11.3 Å². The van der Waals surface area contributed by atoms with Crippen LogP contribution in [0.1, 0.15) is 16.6 Å². The lowest BCUT2D eigenvalue weighted by Gasteiger charge is -2.12. The van der Waals surface area contributed by atoms with E-state index in [2.05, 4.69) is 25.9 Å². The number of ether oxygens (including phenoxy) is 2. The van der Waals surface area contributed by atoms with Crippen molar-refractivity contribution < 1.29 is 9.47 Å². The van der Waals surface area contributed by atoms with Gasteiger partial charge in [-0.1, -0.05) is 0 Å². The van der Waals surface area contributed by atoms with E-state index in [9.17, 15) is 0 Å². The van der Waals surface area contributed by atoms with Gasteiger partial charge in [0.25, 0.3) is 0 Å². The maximum Gasteiger partial charge on any atom is 0.240 e.